The fourth-order valence-corrected chi connectivity index (χ4v) is 1.69. The van der Waals surface area contributed by atoms with Crippen LogP contribution in [0, 0.1) is 12.7 Å². The Kier molecular flexibility index (Phi) is 2.90. The van der Waals surface area contributed by atoms with Gasteiger partial charge < -0.3 is 10.3 Å². The van der Waals surface area contributed by atoms with E-state index in [4.69, 9.17) is 5.73 Å². The minimum Gasteiger partial charge on any atom is -0.369 e. The first-order chi connectivity index (χ1) is 7.66. The molecular weight excluding hydrogens is 205 g/mol. The number of imidazole rings is 1. The van der Waals surface area contributed by atoms with Crippen LogP contribution < -0.4 is 5.73 Å². The Balaban J connectivity index is 2.08. The Hall–Kier alpha value is -1.84. The molecule has 0 aliphatic rings. The number of hydrogen-bond acceptors (Lipinski definition) is 2. The maximum absolute atomic E-state index is 13.3. The van der Waals surface area contributed by atoms with E-state index >= 15 is 0 Å². The van der Waals surface area contributed by atoms with E-state index in [1.807, 2.05) is 23.8 Å². The Morgan fingerprint density at radius 1 is 1.38 bits per heavy atom. The van der Waals surface area contributed by atoms with Crippen molar-refractivity contribution in [2.75, 3.05) is 5.73 Å². The predicted octanol–water partition coefficient (Wildman–Crippen LogP) is 2.16. The van der Waals surface area contributed by atoms with Crippen LogP contribution in [0.3, 0.4) is 0 Å². The van der Waals surface area contributed by atoms with Crippen LogP contribution in [0.4, 0.5) is 10.3 Å². The number of nitrogen functional groups attached to an aromatic ring is 1. The molecule has 0 radical (unpaired) electrons. The number of nitrogens with zero attached hydrogens (tertiary/aromatic N) is 2. The molecule has 0 atom stereocenters. The lowest BCUT2D eigenvalue weighted by Crippen LogP contribution is -2.05. The van der Waals surface area contributed by atoms with Crippen molar-refractivity contribution in [3.63, 3.8) is 0 Å². The highest BCUT2D eigenvalue weighted by Crippen LogP contribution is 2.10. The Morgan fingerprint density at radius 3 is 2.75 bits per heavy atom. The maximum atomic E-state index is 13.3. The van der Waals surface area contributed by atoms with Crippen LogP contribution in [0.15, 0.2) is 30.5 Å². The van der Waals surface area contributed by atoms with Crippen molar-refractivity contribution in [1.82, 2.24) is 9.55 Å². The number of anilines is 1. The van der Waals surface area contributed by atoms with Crippen molar-refractivity contribution in [2.24, 2.45) is 0 Å². The molecule has 1 aromatic carbocycles. The molecule has 0 saturated heterocycles. The molecule has 0 fully saturated rings. The SMILES string of the molecule is Cc1cn(CCc2ccccc2F)c(N)n1. The van der Waals surface area contributed by atoms with Crippen molar-refractivity contribution in [3.8, 4) is 0 Å². The molecule has 3 nitrogen and oxygen atoms in total. The van der Waals surface area contributed by atoms with Gasteiger partial charge in [0.05, 0.1) is 5.69 Å². The second kappa shape index (κ2) is 4.35. The summed E-state index contributed by atoms with van der Waals surface area (Å²) in [5.74, 6) is 0.312. The minimum atomic E-state index is -0.169. The van der Waals surface area contributed by atoms with E-state index in [-0.39, 0.29) is 5.82 Å². The van der Waals surface area contributed by atoms with Crippen LogP contribution in [0.2, 0.25) is 0 Å². The maximum Gasteiger partial charge on any atom is 0.200 e. The van der Waals surface area contributed by atoms with Gasteiger partial charge in [0.15, 0.2) is 5.95 Å². The molecule has 0 bridgehead atoms. The molecule has 0 amide bonds. The molecule has 84 valence electrons. The Morgan fingerprint density at radius 2 is 2.12 bits per heavy atom. The summed E-state index contributed by atoms with van der Waals surface area (Å²) < 4.78 is 15.2. The van der Waals surface area contributed by atoms with Gasteiger partial charge in [-0.2, -0.15) is 0 Å². The third-order valence-corrected chi connectivity index (χ3v) is 2.51. The predicted molar refractivity (Wildman–Crippen MR) is 61.5 cm³/mol. The molecule has 0 spiro atoms. The lowest BCUT2D eigenvalue weighted by Gasteiger charge is -2.05. The normalized spacial score (nSPS) is 10.6. The molecule has 16 heavy (non-hydrogen) atoms. The number of nitrogens with two attached hydrogens (primary N) is 1. The number of rotatable bonds is 3. The van der Waals surface area contributed by atoms with Gasteiger partial charge in [-0.3, -0.25) is 0 Å². The van der Waals surface area contributed by atoms with Gasteiger partial charge >= 0.3 is 0 Å². The van der Waals surface area contributed by atoms with Gasteiger partial charge in [-0.1, -0.05) is 18.2 Å². The summed E-state index contributed by atoms with van der Waals surface area (Å²) in [6.45, 7) is 2.53. The molecule has 2 aromatic rings. The van der Waals surface area contributed by atoms with Crippen LogP contribution in [0.1, 0.15) is 11.3 Å². The van der Waals surface area contributed by atoms with Crippen molar-refractivity contribution in [1.29, 1.82) is 0 Å². The van der Waals surface area contributed by atoms with Crippen LogP contribution in [0.5, 0.6) is 0 Å². The number of hydrogen-bond donors (Lipinski definition) is 1. The third kappa shape index (κ3) is 2.21. The lowest BCUT2D eigenvalue weighted by molar-refractivity contribution is 0.595. The number of aromatic nitrogens is 2. The average Bonchev–Trinajstić information content (AvgIpc) is 2.56. The highest BCUT2D eigenvalue weighted by molar-refractivity contribution is 5.22. The highest BCUT2D eigenvalue weighted by Gasteiger charge is 2.04. The summed E-state index contributed by atoms with van der Waals surface area (Å²) in [7, 11) is 0. The molecule has 1 aromatic heterocycles. The van der Waals surface area contributed by atoms with Gasteiger partial charge in [-0.25, -0.2) is 9.37 Å². The van der Waals surface area contributed by atoms with E-state index in [2.05, 4.69) is 4.98 Å². The highest BCUT2D eigenvalue weighted by atomic mass is 19.1. The lowest BCUT2D eigenvalue weighted by atomic mass is 10.1. The second-order valence-electron chi connectivity index (χ2n) is 3.78. The molecule has 0 aliphatic carbocycles. The zero-order valence-electron chi connectivity index (χ0n) is 9.15. The summed E-state index contributed by atoms with van der Waals surface area (Å²) in [6, 6.07) is 6.78. The van der Waals surface area contributed by atoms with Crippen molar-refractivity contribution < 1.29 is 4.39 Å². The molecule has 0 unspecified atom stereocenters. The van der Waals surface area contributed by atoms with Gasteiger partial charge in [-0.15, -0.1) is 0 Å². The number of halogens is 1. The van der Waals surface area contributed by atoms with Gasteiger partial charge in [-0.05, 0) is 25.0 Å². The van der Waals surface area contributed by atoms with E-state index < -0.39 is 0 Å². The molecule has 0 aliphatic heterocycles. The smallest absolute Gasteiger partial charge is 0.200 e. The van der Waals surface area contributed by atoms with Gasteiger partial charge in [0.25, 0.3) is 0 Å². The van der Waals surface area contributed by atoms with Crippen LogP contribution >= 0.6 is 0 Å². The summed E-state index contributed by atoms with van der Waals surface area (Å²) in [5.41, 5.74) is 7.28. The topological polar surface area (TPSA) is 43.8 Å². The van der Waals surface area contributed by atoms with Crippen LogP contribution in [0.25, 0.3) is 0 Å². The average molecular weight is 219 g/mol. The van der Waals surface area contributed by atoms with Gasteiger partial charge in [0.2, 0.25) is 0 Å². The molecule has 4 heteroatoms. The Labute approximate surface area is 93.7 Å². The molecule has 1 heterocycles. The zero-order valence-corrected chi connectivity index (χ0v) is 9.15. The molecule has 2 N–H and O–H groups in total. The summed E-state index contributed by atoms with van der Waals surface area (Å²) in [4.78, 5) is 4.09. The third-order valence-electron chi connectivity index (χ3n) is 2.51. The van der Waals surface area contributed by atoms with Crippen LogP contribution in [-0.4, -0.2) is 9.55 Å². The van der Waals surface area contributed by atoms with E-state index in [1.54, 1.807) is 12.1 Å². The summed E-state index contributed by atoms with van der Waals surface area (Å²) in [5, 5.41) is 0. The number of benzene rings is 1. The fraction of sp³-hybridized carbons (Fsp3) is 0.250. The van der Waals surface area contributed by atoms with Crippen molar-refractivity contribution >= 4 is 5.95 Å². The largest absolute Gasteiger partial charge is 0.369 e. The van der Waals surface area contributed by atoms with Crippen molar-refractivity contribution in [2.45, 2.75) is 19.9 Å². The molecule has 2 rings (SSSR count). The van der Waals surface area contributed by atoms with E-state index in [0.29, 0.717) is 24.5 Å². The van der Waals surface area contributed by atoms with E-state index in [0.717, 1.165) is 5.69 Å². The van der Waals surface area contributed by atoms with E-state index in [9.17, 15) is 4.39 Å². The quantitative estimate of drug-likeness (QED) is 0.859. The fourth-order valence-electron chi connectivity index (χ4n) is 1.69. The first-order valence-electron chi connectivity index (χ1n) is 5.19. The standard InChI is InChI=1S/C12H14FN3/c1-9-8-16(12(14)15-9)7-6-10-4-2-3-5-11(10)13/h2-5,8H,6-7H2,1H3,(H2,14,15). The summed E-state index contributed by atoms with van der Waals surface area (Å²) >= 11 is 0. The Bertz CT molecular complexity index is 491. The second-order valence-corrected chi connectivity index (χ2v) is 3.78. The zero-order chi connectivity index (χ0) is 11.5. The molecular formula is C12H14FN3. The number of aryl methyl sites for hydroxylation is 3. The van der Waals surface area contributed by atoms with Gasteiger partial charge in [0, 0.05) is 12.7 Å². The van der Waals surface area contributed by atoms with E-state index in [1.165, 1.54) is 6.07 Å². The monoisotopic (exact) mass is 219 g/mol. The minimum absolute atomic E-state index is 0.169. The van der Waals surface area contributed by atoms with Gasteiger partial charge in [0.1, 0.15) is 5.82 Å². The van der Waals surface area contributed by atoms with Crippen LogP contribution in [-0.2, 0) is 13.0 Å². The first kappa shape index (κ1) is 10.7. The van der Waals surface area contributed by atoms with Crippen molar-refractivity contribution in [3.05, 3.63) is 47.5 Å². The molecule has 0 saturated carbocycles. The first-order valence-corrected chi connectivity index (χ1v) is 5.19. The summed E-state index contributed by atoms with van der Waals surface area (Å²) in [6.07, 6.45) is 2.49.